The number of hydrogen-bond acceptors (Lipinski definition) is 2. The van der Waals surface area contributed by atoms with Gasteiger partial charge in [0, 0.05) is 12.1 Å². The van der Waals surface area contributed by atoms with Gasteiger partial charge in [0.25, 0.3) is 0 Å². The Morgan fingerprint density at radius 2 is 1.93 bits per heavy atom. The summed E-state index contributed by atoms with van der Waals surface area (Å²) < 4.78 is 0. The predicted molar refractivity (Wildman–Crippen MR) is 58.2 cm³/mol. The first-order valence-corrected chi connectivity index (χ1v) is 6.12. The first-order valence-electron chi connectivity index (χ1n) is 6.12. The molecule has 4 atom stereocenters. The van der Waals surface area contributed by atoms with Crippen molar-refractivity contribution in [2.75, 3.05) is 6.54 Å². The average Bonchev–Trinajstić information content (AvgIpc) is 2.52. The van der Waals surface area contributed by atoms with E-state index in [2.05, 4.69) is 18.7 Å². The second kappa shape index (κ2) is 4.19. The summed E-state index contributed by atoms with van der Waals surface area (Å²) in [6.45, 7) is 5.86. The molecule has 0 spiro atoms. The minimum Gasteiger partial charge on any atom is -0.391 e. The minimum atomic E-state index is -0.0501. The number of nitrogens with zero attached hydrogens (tertiary/aromatic N) is 1. The van der Waals surface area contributed by atoms with Gasteiger partial charge in [-0.15, -0.1) is 0 Å². The molecule has 1 aliphatic heterocycles. The second-order valence-corrected chi connectivity index (χ2v) is 5.28. The molecule has 0 aromatic carbocycles. The number of aliphatic hydroxyl groups excluding tert-OH is 1. The largest absolute Gasteiger partial charge is 0.391 e. The van der Waals surface area contributed by atoms with Crippen molar-refractivity contribution in [1.29, 1.82) is 0 Å². The monoisotopic (exact) mass is 197 g/mol. The van der Waals surface area contributed by atoms with Gasteiger partial charge in [0.2, 0.25) is 0 Å². The highest BCUT2D eigenvalue weighted by atomic mass is 16.3. The summed E-state index contributed by atoms with van der Waals surface area (Å²) in [5, 5.41) is 9.88. The molecule has 82 valence electrons. The summed E-state index contributed by atoms with van der Waals surface area (Å²) in [4.78, 5) is 2.55. The molecule has 1 saturated carbocycles. The molecule has 0 bridgehead atoms. The van der Waals surface area contributed by atoms with Gasteiger partial charge in [-0.05, 0) is 51.5 Å². The summed E-state index contributed by atoms with van der Waals surface area (Å²) in [7, 11) is 0. The summed E-state index contributed by atoms with van der Waals surface area (Å²) in [5.74, 6) is 0.875. The summed E-state index contributed by atoms with van der Waals surface area (Å²) in [6, 6.07) is 1.15. The van der Waals surface area contributed by atoms with Crippen molar-refractivity contribution in [3.05, 3.63) is 0 Å². The van der Waals surface area contributed by atoms with Crippen LogP contribution in [0.4, 0.5) is 0 Å². The van der Waals surface area contributed by atoms with Crippen LogP contribution in [0.25, 0.3) is 0 Å². The Hall–Kier alpha value is -0.0800. The zero-order chi connectivity index (χ0) is 10.1. The standard InChI is InChI=1S/C12H23NO/c1-9-6-7-13(10(2)8-9)11-4-3-5-12(11)14/h9-12,14H,3-8H2,1-2H3. The number of likely N-dealkylation sites (tertiary alicyclic amines) is 1. The van der Waals surface area contributed by atoms with Crippen LogP contribution < -0.4 is 0 Å². The van der Waals surface area contributed by atoms with E-state index in [-0.39, 0.29) is 6.10 Å². The van der Waals surface area contributed by atoms with Crippen molar-refractivity contribution >= 4 is 0 Å². The van der Waals surface area contributed by atoms with E-state index >= 15 is 0 Å². The van der Waals surface area contributed by atoms with Crippen LogP contribution in [-0.2, 0) is 0 Å². The zero-order valence-electron chi connectivity index (χ0n) is 9.45. The first kappa shape index (κ1) is 10.4. The molecule has 2 aliphatic rings. The molecule has 0 amide bonds. The van der Waals surface area contributed by atoms with Crippen LogP contribution in [-0.4, -0.2) is 34.7 Å². The van der Waals surface area contributed by atoms with Crippen LogP contribution in [0.1, 0.15) is 46.0 Å². The van der Waals surface area contributed by atoms with E-state index in [4.69, 9.17) is 0 Å². The van der Waals surface area contributed by atoms with E-state index in [1.54, 1.807) is 0 Å². The van der Waals surface area contributed by atoms with Crippen LogP contribution in [0.5, 0.6) is 0 Å². The Morgan fingerprint density at radius 1 is 1.14 bits per heavy atom. The lowest BCUT2D eigenvalue weighted by molar-refractivity contribution is 0.0195. The molecule has 2 fully saturated rings. The van der Waals surface area contributed by atoms with Crippen LogP contribution in [0, 0.1) is 5.92 Å². The van der Waals surface area contributed by atoms with Gasteiger partial charge in [0.15, 0.2) is 0 Å². The van der Waals surface area contributed by atoms with Gasteiger partial charge in [-0.25, -0.2) is 0 Å². The number of piperidine rings is 1. The SMILES string of the molecule is CC1CCN(C2CCCC2O)C(C)C1. The molecule has 0 aromatic rings. The maximum absolute atomic E-state index is 9.88. The predicted octanol–water partition coefficient (Wildman–Crippen LogP) is 2.02. The maximum Gasteiger partial charge on any atom is 0.0695 e. The van der Waals surface area contributed by atoms with Gasteiger partial charge in [0.1, 0.15) is 0 Å². The molecule has 2 nitrogen and oxygen atoms in total. The fraction of sp³-hybridized carbons (Fsp3) is 1.00. The van der Waals surface area contributed by atoms with Crippen LogP contribution in [0.2, 0.25) is 0 Å². The molecule has 4 unspecified atom stereocenters. The average molecular weight is 197 g/mol. The van der Waals surface area contributed by atoms with Crippen LogP contribution in [0.15, 0.2) is 0 Å². The van der Waals surface area contributed by atoms with Crippen molar-refractivity contribution in [3.63, 3.8) is 0 Å². The molecule has 1 heterocycles. The van der Waals surface area contributed by atoms with Gasteiger partial charge in [-0.3, -0.25) is 4.90 Å². The Balaban J connectivity index is 1.96. The van der Waals surface area contributed by atoms with Gasteiger partial charge in [0.05, 0.1) is 6.10 Å². The normalized spacial score (nSPS) is 45.6. The van der Waals surface area contributed by atoms with Crippen molar-refractivity contribution in [1.82, 2.24) is 4.90 Å². The molecule has 1 aliphatic carbocycles. The van der Waals surface area contributed by atoms with E-state index in [1.807, 2.05) is 0 Å². The number of aliphatic hydroxyl groups is 1. The third-order valence-corrected chi connectivity index (χ3v) is 4.06. The van der Waals surface area contributed by atoms with E-state index in [0.29, 0.717) is 12.1 Å². The van der Waals surface area contributed by atoms with Gasteiger partial charge in [-0.1, -0.05) is 6.92 Å². The summed E-state index contributed by atoms with van der Waals surface area (Å²) >= 11 is 0. The summed E-state index contributed by atoms with van der Waals surface area (Å²) in [6.07, 6.45) is 6.01. The van der Waals surface area contributed by atoms with Crippen LogP contribution >= 0.6 is 0 Å². The molecule has 2 heteroatoms. The lowest BCUT2D eigenvalue weighted by Crippen LogP contribution is -2.49. The molecule has 0 aromatic heterocycles. The Bertz CT molecular complexity index is 195. The zero-order valence-corrected chi connectivity index (χ0v) is 9.45. The lowest BCUT2D eigenvalue weighted by atomic mass is 9.91. The molecule has 1 N–H and O–H groups in total. The fourth-order valence-corrected chi connectivity index (χ4v) is 3.23. The second-order valence-electron chi connectivity index (χ2n) is 5.28. The number of hydrogen-bond donors (Lipinski definition) is 1. The lowest BCUT2D eigenvalue weighted by Gasteiger charge is -2.41. The fourth-order valence-electron chi connectivity index (χ4n) is 3.23. The van der Waals surface area contributed by atoms with E-state index in [9.17, 15) is 5.11 Å². The van der Waals surface area contributed by atoms with Crippen LogP contribution in [0.3, 0.4) is 0 Å². The van der Waals surface area contributed by atoms with E-state index in [1.165, 1.54) is 32.2 Å². The molecular weight excluding hydrogens is 174 g/mol. The smallest absolute Gasteiger partial charge is 0.0695 e. The minimum absolute atomic E-state index is 0.0501. The first-order chi connectivity index (χ1) is 6.68. The van der Waals surface area contributed by atoms with Gasteiger partial charge < -0.3 is 5.11 Å². The molecule has 1 saturated heterocycles. The quantitative estimate of drug-likeness (QED) is 0.695. The highest BCUT2D eigenvalue weighted by molar-refractivity contribution is 4.90. The molecule has 0 radical (unpaired) electrons. The third kappa shape index (κ3) is 1.96. The highest BCUT2D eigenvalue weighted by Crippen LogP contribution is 2.31. The Morgan fingerprint density at radius 3 is 2.50 bits per heavy atom. The van der Waals surface area contributed by atoms with Gasteiger partial charge in [-0.2, -0.15) is 0 Å². The van der Waals surface area contributed by atoms with E-state index in [0.717, 1.165) is 12.3 Å². The molecular formula is C12H23NO. The van der Waals surface area contributed by atoms with E-state index < -0.39 is 0 Å². The Kier molecular flexibility index (Phi) is 3.13. The third-order valence-electron chi connectivity index (χ3n) is 4.06. The topological polar surface area (TPSA) is 23.5 Å². The van der Waals surface area contributed by atoms with Crippen molar-refractivity contribution in [2.45, 2.75) is 64.1 Å². The molecule has 2 rings (SSSR count). The molecule has 14 heavy (non-hydrogen) atoms. The van der Waals surface area contributed by atoms with Crippen molar-refractivity contribution in [3.8, 4) is 0 Å². The van der Waals surface area contributed by atoms with Crippen molar-refractivity contribution in [2.24, 2.45) is 5.92 Å². The highest BCUT2D eigenvalue weighted by Gasteiger charge is 2.35. The van der Waals surface area contributed by atoms with Crippen molar-refractivity contribution < 1.29 is 5.11 Å². The maximum atomic E-state index is 9.88. The summed E-state index contributed by atoms with van der Waals surface area (Å²) in [5.41, 5.74) is 0. The Labute approximate surface area is 87.3 Å². The van der Waals surface area contributed by atoms with Gasteiger partial charge >= 0.3 is 0 Å². The number of rotatable bonds is 1.